The Labute approximate surface area is 156 Å². The van der Waals surface area contributed by atoms with Gasteiger partial charge in [0.05, 0.1) is 6.61 Å². The molecule has 144 valence electrons. The standard InChI is InChI=1S/C21H31NO4/c1-4-25-19(23)18(21(2,3)17-13-9-6-10-14-17)22-20(24)26-15-16-11-7-5-8-12-16/h5,7-8,11-12,17-18H,4,6,9-10,13-15H2,1-3H3,(H,22,24). The largest absolute Gasteiger partial charge is 0.464 e. The second kappa shape index (κ2) is 9.60. The summed E-state index contributed by atoms with van der Waals surface area (Å²) in [5.41, 5.74) is 0.514. The number of hydrogen-bond donors (Lipinski definition) is 1. The zero-order chi connectivity index (χ0) is 19.0. The third-order valence-corrected chi connectivity index (χ3v) is 5.40. The van der Waals surface area contributed by atoms with Gasteiger partial charge in [0, 0.05) is 0 Å². The van der Waals surface area contributed by atoms with Crippen LogP contribution in [0.25, 0.3) is 0 Å². The summed E-state index contributed by atoms with van der Waals surface area (Å²) in [6.07, 6.45) is 5.14. The molecule has 5 heteroatoms. The Morgan fingerprint density at radius 2 is 1.77 bits per heavy atom. The van der Waals surface area contributed by atoms with Crippen molar-refractivity contribution in [2.45, 2.75) is 65.5 Å². The Morgan fingerprint density at radius 1 is 1.12 bits per heavy atom. The Morgan fingerprint density at radius 3 is 2.38 bits per heavy atom. The molecule has 26 heavy (non-hydrogen) atoms. The van der Waals surface area contributed by atoms with Crippen molar-refractivity contribution in [2.24, 2.45) is 11.3 Å². The zero-order valence-electron chi connectivity index (χ0n) is 16.1. The van der Waals surface area contributed by atoms with E-state index in [4.69, 9.17) is 9.47 Å². The van der Waals surface area contributed by atoms with Crippen LogP contribution in [-0.4, -0.2) is 24.7 Å². The van der Waals surface area contributed by atoms with Crippen molar-refractivity contribution in [2.75, 3.05) is 6.61 Å². The van der Waals surface area contributed by atoms with E-state index in [0.29, 0.717) is 5.92 Å². The molecule has 1 aromatic rings. The van der Waals surface area contributed by atoms with E-state index in [1.807, 2.05) is 44.2 Å². The van der Waals surface area contributed by atoms with Crippen LogP contribution in [0.2, 0.25) is 0 Å². The number of carbonyl (C=O) groups is 2. The Balaban J connectivity index is 2.03. The molecule has 0 spiro atoms. The molecule has 0 heterocycles. The van der Waals surface area contributed by atoms with Gasteiger partial charge in [-0.3, -0.25) is 0 Å². The molecule has 1 aliphatic rings. The lowest BCUT2D eigenvalue weighted by molar-refractivity contribution is -0.150. The maximum Gasteiger partial charge on any atom is 0.408 e. The summed E-state index contributed by atoms with van der Waals surface area (Å²) in [6, 6.07) is 8.76. The molecule has 5 nitrogen and oxygen atoms in total. The third kappa shape index (κ3) is 5.48. The van der Waals surface area contributed by atoms with Gasteiger partial charge in [-0.2, -0.15) is 0 Å². The lowest BCUT2D eigenvalue weighted by Gasteiger charge is -2.41. The highest BCUT2D eigenvalue weighted by atomic mass is 16.6. The predicted octanol–water partition coefficient (Wildman–Crippen LogP) is 4.45. The van der Waals surface area contributed by atoms with E-state index in [-0.39, 0.29) is 19.2 Å². The molecule has 1 atom stereocenters. The second-order valence-corrected chi connectivity index (χ2v) is 7.55. The first-order valence-electron chi connectivity index (χ1n) is 9.59. The molecule has 1 saturated carbocycles. The highest BCUT2D eigenvalue weighted by Gasteiger charge is 2.43. The minimum Gasteiger partial charge on any atom is -0.464 e. The van der Waals surface area contributed by atoms with Crippen LogP contribution in [0.4, 0.5) is 4.79 Å². The van der Waals surface area contributed by atoms with Gasteiger partial charge >= 0.3 is 12.1 Å². The molecule has 1 unspecified atom stereocenters. The monoisotopic (exact) mass is 361 g/mol. The summed E-state index contributed by atoms with van der Waals surface area (Å²) in [6.45, 7) is 6.32. The second-order valence-electron chi connectivity index (χ2n) is 7.55. The van der Waals surface area contributed by atoms with Gasteiger partial charge in [0.25, 0.3) is 0 Å². The maximum atomic E-state index is 12.5. The van der Waals surface area contributed by atoms with Crippen LogP contribution < -0.4 is 5.32 Å². The number of amides is 1. The van der Waals surface area contributed by atoms with Crippen LogP contribution in [0.5, 0.6) is 0 Å². The number of benzene rings is 1. The van der Waals surface area contributed by atoms with E-state index in [9.17, 15) is 9.59 Å². The molecule has 1 aliphatic carbocycles. The minimum absolute atomic E-state index is 0.173. The van der Waals surface area contributed by atoms with E-state index in [1.165, 1.54) is 19.3 Å². The first kappa shape index (κ1) is 20.3. The summed E-state index contributed by atoms with van der Waals surface area (Å²) in [4.78, 5) is 24.9. The van der Waals surface area contributed by atoms with Crippen LogP contribution in [0.3, 0.4) is 0 Å². The molecule has 1 N–H and O–H groups in total. The number of nitrogens with one attached hydrogen (secondary N) is 1. The van der Waals surface area contributed by atoms with Crippen molar-refractivity contribution in [3.05, 3.63) is 35.9 Å². The third-order valence-electron chi connectivity index (χ3n) is 5.40. The molecule has 1 aromatic carbocycles. The summed E-state index contributed by atoms with van der Waals surface area (Å²) in [5, 5.41) is 2.77. The molecule has 0 radical (unpaired) electrons. The Bertz CT molecular complexity index is 579. The Hall–Kier alpha value is -2.04. The van der Waals surface area contributed by atoms with E-state index >= 15 is 0 Å². The molecular formula is C21H31NO4. The first-order valence-corrected chi connectivity index (χ1v) is 9.59. The zero-order valence-corrected chi connectivity index (χ0v) is 16.1. The molecule has 2 rings (SSSR count). The average Bonchev–Trinajstić information content (AvgIpc) is 2.66. The fourth-order valence-electron chi connectivity index (χ4n) is 3.74. The van der Waals surface area contributed by atoms with Crippen molar-refractivity contribution >= 4 is 12.1 Å². The van der Waals surface area contributed by atoms with Crippen LogP contribution in [0.15, 0.2) is 30.3 Å². The highest BCUT2D eigenvalue weighted by Crippen LogP contribution is 2.41. The fourth-order valence-corrected chi connectivity index (χ4v) is 3.74. The first-order chi connectivity index (χ1) is 12.4. The van der Waals surface area contributed by atoms with Crippen molar-refractivity contribution in [1.82, 2.24) is 5.32 Å². The van der Waals surface area contributed by atoms with Crippen molar-refractivity contribution in [1.29, 1.82) is 0 Å². The van der Waals surface area contributed by atoms with Crippen LogP contribution in [0, 0.1) is 11.3 Å². The SMILES string of the molecule is CCOC(=O)C(NC(=O)OCc1ccccc1)C(C)(C)C1CCCCC1. The van der Waals surface area contributed by atoms with Gasteiger partial charge in [-0.05, 0) is 36.7 Å². The smallest absolute Gasteiger partial charge is 0.408 e. The van der Waals surface area contributed by atoms with Gasteiger partial charge in [0.15, 0.2) is 0 Å². The van der Waals surface area contributed by atoms with E-state index in [2.05, 4.69) is 5.32 Å². The molecule has 0 aromatic heterocycles. The van der Waals surface area contributed by atoms with Crippen molar-refractivity contribution in [3.63, 3.8) is 0 Å². The summed E-state index contributed by atoms with van der Waals surface area (Å²) in [5.74, 6) is -0.0141. The van der Waals surface area contributed by atoms with Crippen LogP contribution in [0.1, 0.15) is 58.4 Å². The normalized spacial score (nSPS) is 16.6. The van der Waals surface area contributed by atoms with Crippen LogP contribution >= 0.6 is 0 Å². The molecule has 0 bridgehead atoms. The molecular weight excluding hydrogens is 330 g/mol. The minimum atomic E-state index is -0.714. The number of esters is 1. The Kier molecular flexibility index (Phi) is 7.49. The molecule has 1 fully saturated rings. The van der Waals surface area contributed by atoms with Gasteiger partial charge in [0.1, 0.15) is 12.6 Å². The lowest BCUT2D eigenvalue weighted by Crippen LogP contribution is -2.54. The quantitative estimate of drug-likeness (QED) is 0.729. The number of ether oxygens (including phenoxy) is 2. The fraction of sp³-hybridized carbons (Fsp3) is 0.619. The van der Waals surface area contributed by atoms with E-state index in [0.717, 1.165) is 18.4 Å². The summed E-state index contributed by atoms with van der Waals surface area (Å²) < 4.78 is 10.5. The van der Waals surface area contributed by atoms with Gasteiger partial charge in [-0.1, -0.05) is 63.4 Å². The van der Waals surface area contributed by atoms with E-state index in [1.54, 1.807) is 6.92 Å². The lowest BCUT2D eigenvalue weighted by atomic mass is 9.67. The van der Waals surface area contributed by atoms with Crippen molar-refractivity contribution in [3.8, 4) is 0 Å². The number of rotatable bonds is 7. The van der Waals surface area contributed by atoms with Crippen molar-refractivity contribution < 1.29 is 19.1 Å². The van der Waals surface area contributed by atoms with Gasteiger partial charge in [-0.25, -0.2) is 9.59 Å². The maximum absolute atomic E-state index is 12.5. The number of alkyl carbamates (subject to hydrolysis) is 1. The van der Waals surface area contributed by atoms with Gasteiger partial charge in [0.2, 0.25) is 0 Å². The number of carbonyl (C=O) groups excluding carboxylic acids is 2. The molecule has 1 amide bonds. The molecule has 0 saturated heterocycles. The van der Waals surface area contributed by atoms with Gasteiger partial charge in [-0.15, -0.1) is 0 Å². The predicted molar refractivity (Wildman–Crippen MR) is 101 cm³/mol. The summed E-state index contributed by atoms with van der Waals surface area (Å²) in [7, 11) is 0. The van der Waals surface area contributed by atoms with Crippen LogP contribution in [-0.2, 0) is 20.9 Å². The van der Waals surface area contributed by atoms with Gasteiger partial charge < -0.3 is 14.8 Å². The average molecular weight is 361 g/mol. The highest BCUT2D eigenvalue weighted by molar-refractivity contribution is 5.82. The number of hydrogen-bond acceptors (Lipinski definition) is 4. The summed E-state index contributed by atoms with van der Waals surface area (Å²) >= 11 is 0. The molecule has 0 aliphatic heterocycles. The topological polar surface area (TPSA) is 64.6 Å². The van der Waals surface area contributed by atoms with E-state index < -0.39 is 17.6 Å².